The molecule has 1 aliphatic heterocycles. The summed E-state index contributed by atoms with van der Waals surface area (Å²) >= 11 is 0. The van der Waals surface area contributed by atoms with Crippen LogP contribution in [0.25, 0.3) is 11.6 Å². The highest BCUT2D eigenvalue weighted by Gasteiger charge is 2.39. The average Bonchev–Trinajstić information content (AvgIpc) is 3.24. The summed E-state index contributed by atoms with van der Waals surface area (Å²) in [4.78, 5) is 22.7. The van der Waals surface area contributed by atoms with E-state index in [0.717, 1.165) is 31.5 Å². The van der Waals surface area contributed by atoms with Gasteiger partial charge in [-0.25, -0.2) is 9.97 Å². The van der Waals surface area contributed by atoms with E-state index in [1.165, 1.54) is 0 Å². The van der Waals surface area contributed by atoms with E-state index < -0.39 is 0 Å². The van der Waals surface area contributed by atoms with E-state index in [9.17, 15) is 4.79 Å². The minimum absolute atomic E-state index is 0.210. The molecule has 6 heteroatoms. The molecule has 1 N–H and O–H groups in total. The fourth-order valence-corrected chi connectivity index (χ4v) is 3.98. The van der Waals surface area contributed by atoms with Crippen molar-refractivity contribution < 1.29 is 9.21 Å². The van der Waals surface area contributed by atoms with Crippen LogP contribution in [0.2, 0.25) is 0 Å². The van der Waals surface area contributed by atoms with Crippen molar-refractivity contribution in [1.82, 2.24) is 20.2 Å². The molecule has 0 aromatic carbocycles. The van der Waals surface area contributed by atoms with Crippen LogP contribution < -0.4 is 5.32 Å². The number of furan rings is 1. The van der Waals surface area contributed by atoms with Gasteiger partial charge in [-0.15, -0.1) is 0 Å². The molecule has 2 fully saturated rings. The van der Waals surface area contributed by atoms with Crippen LogP contribution in [0.4, 0.5) is 0 Å². The predicted octanol–water partition coefficient (Wildman–Crippen LogP) is 2.08. The second kappa shape index (κ2) is 6.36. The lowest BCUT2D eigenvalue weighted by atomic mass is 9.89. The van der Waals surface area contributed by atoms with Crippen molar-refractivity contribution in [2.24, 2.45) is 11.8 Å². The molecule has 0 bridgehead atoms. The number of rotatable bonds is 4. The molecule has 1 aliphatic carbocycles. The molecule has 6 nitrogen and oxygen atoms in total. The third-order valence-electron chi connectivity index (χ3n) is 5.33. The monoisotopic (exact) mass is 326 g/mol. The third kappa shape index (κ3) is 3.06. The standard InChI is InChI=1S/C18H22N4O2/c1-22(15-5-13-7-17(23)19-10-14(13)6-15)11-12-8-20-18(21-9-12)16-3-2-4-24-16/h2-4,8-9,13-15H,5-7,10-11H2,1H3,(H,19,23)/t13-,14+,15-/m0/s1. The Morgan fingerprint density at radius 2 is 2.08 bits per heavy atom. The zero-order valence-electron chi connectivity index (χ0n) is 13.8. The largest absolute Gasteiger partial charge is 0.461 e. The number of carbonyl (C=O) groups is 1. The highest BCUT2D eigenvalue weighted by molar-refractivity contribution is 5.77. The van der Waals surface area contributed by atoms with Crippen molar-refractivity contribution in [1.29, 1.82) is 0 Å². The van der Waals surface area contributed by atoms with Crippen LogP contribution in [-0.4, -0.2) is 40.4 Å². The maximum atomic E-state index is 11.6. The van der Waals surface area contributed by atoms with Gasteiger partial charge in [-0.2, -0.15) is 0 Å². The van der Waals surface area contributed by atoms with Gasteiger partial charge in [0.15, 0.2) is 11.6 Å². The lowest BCUT2D eigenvalue weighted by Crippen LogP contribution is -2.38. The van der Waals surface area contributed by atoms with E-state index in [4.69, 9.17) is 4.42 Å². The summed E-state index contributed by atoms with van der Waals surface area (Å²) in [6, 6.07) is 4.22. The van der Waals surface area contributed by atoms with Gasteiger partial charge < -0.3 is 9.73 Å². The van der Waals surface area contributed by atoms with Gasteiger partial charge in [0.25, 0.3) is 0 Å². The molecule has 1 saturated carbocycles. The Morgan fingerprint density at radius 1 is 1.29 bits per heavy atom. The summed E-state index contributed by atoms with van der Waals surface area (Å²) in [5, 5.41) is 3.00. The number of aromatic nitrogens is 2. The lowest BCUT2D eigenvalue weighted by molar-refractivity contribution is -0.124. The number of hydrogen-bond acceptors (Lipinski definition) is 5. The van der Waals surface area contributed by atoms with Crippen molar-refractivity contribution in [3.8, 4) is 11.6 Å². The first-order valence-corrected chi connectivity index (χ1v) is 8.51. The van der Waals surface area contributed by atoms with Gasteiger partial charge in [0.2, 0.25) is 5.91 Å². The third-order valence-corrected chi connectivity index (χ3v) is 5.33. The van der Waals surface area contributed by atoms with Crippen molar-refractivity contribution >= 4 is 5.91 Å². The predicted molar refractivity (Wildman–Crippen MR) is 88.8 cm³/mol. The van der Waals surface area contributed by atoms with E-state index >= 15 is 0 Å². The zero-order chi connectivity index (χ0) is 16.5. The molecule has 3 atom stereocenters. The van der Waals surface area contributed by atoms with Crippen LogP contribution in [0.5, 0.6) is 0 Å². The first-order chi connectivity index (χ1) is 11.7. The fraction of sp³-hybridized carbons (Fsp3) is 0.500. The first kappa shape index (κ1) is 15.3. The molecular formula is C18H22N4O2. The van der Waals surface area contributed by atoms with Crippen molar-refractivity contribution in [3.05, 3.63) is 36.4 Å². The average molecular weight is 326 g/mol. The van der Waals surface area contributed by atoms with Crippen LogP contribution in [0.1, 0.15) is 24.8 Å². The van der Waals surface area contributed by atoms with Gasteiger partial charge in [0.05, 0.1) is 6.26 Å². The van der Waals surface area contributed by atoms with Crippen LogP contribution in [0.3, 0.4) is 0 Å². The molecule has 2 aromatic rings. The smallest absolute Gasteiger partial charge is 0.220 e. The Kier molecular flexibility index (Phi) is 4.06. The molecule has 0 unspecified atom stereocenters. The highest BCUT2D eigenvalue weighted by Crippen LogP contribution is 2.38. The maximum Gasteiger partial charge on any atom is 0.220 e. The van der Waals surface area contributed by atoms with Crippen molar-refractivity contribution in [2.75, 3.05) is 13.6 Å². The van der Waals surface area contributed by atoms with Crippen molar-refractivity contribution in [3.63, 3.8) is 0 Å². The summed E-state index contributed by atoms with van der Waals surface area (Å²) in [6.45, 7) is 1.67. The van der Waals surface area contributed by atoms with E-state index in [1.54, 1.807) is 6.26 Å². The fourth-order valence-electron chi connectivity index (χ4n) is 3.98. The van der Waals surface area contributed by atoms with Crippen molar-refractivity contribution in [2.45, 2.75) is 31.8 Å². The zero-order valence-corrected chi connectivity index (χ0v) is 13.8. The molecule has 3 heterocycles. The van der Waals surface area contributed by atoms with Gasteiger partial charge in [-0.1, -0.05) is 0 Å². The first-order valence-electron chi connectivity index (χ1n) is 8.51. The molecule has 2 aliphatic rings. The molecule has 1 amide bonds. The minimum atomic E-state index is 0.210. The number of hydrogen-bond donors (Lipinski definition) is 1. The minimum Gasteiger partial charge on any atom is -0.461 e. The van der Waals surface area contributed by atoms with Crippen LogP contribution >= 0.6 is 0 Å². The summed E-state index contributed by atoms with van der Waals surface area (Å²) in [5.41, 5.74) is 1.09. The normalized spacial score (nSPS) is 26.4. The Labute approximate surface area is 141 Å². The van der Waals surface area contributed by atoms with Gasteiger partial charge >= 0.3 is 0 Å². The molecule has 4 rings (SSSR count). The van der Waals surface area contributed by atoms with Gasteiger partial charge in [-0.05, 0) is 43.9 Å². The molecule has 126 valence electrons. The Morgan fingerprint density at radius 3 is 2.83 bits per heavy atom. The second-order valence-corrected chi connectivity index (χ2v) is 6.96. The Bertz CT molecular complexity index is 698. The highest BCUT2D eigenvalue weighted by atomic mass is 16.3. The number of carbonyl (C=O) groups excluding carboxylic acids is 1. The van der Waals surface area contributed by atoms with Crippen LogP contribution in [-0.2, 0) is 11.3 Å². The van der Waals surface area contributed by atoms with E-state index in [-0.39, 0.29) is 5.91 Å². The molecule has 0 radical (unpaired) electrons. The second-order valence-electron chi connectivity index (χ2n) is 6.96. The Balaban J connectivity index is 1.38. The SMILES string of the molecule is CN(Cc1cnc(-c2ccco2)nc1)[C@H]1C[C@H]2CC(=O)NC[C@H]2C1. The topological polar surface area (TPSA) is 71.3 Å². The number of nitrogens with one attached hydrogen (secondary N) is 1. The summed E-state index contributed by atoms with van der Waals surface area (Å²) < 4.78 is 5.32. The van der Waals surface area contributed by atoms with E-state index in [2.05, 4.69) is 27.2 Å². The van der Waals surface area contributed by atoms with Gasteiger partial charge in [-0.3, -0.25) is 9.69 Å². The number of nitrogens with zero attached hydrogens (tertiary/aromatic N) is 3. The molecule has 2 aromatic heterocycles. The summed E-state index contributed by atoms with van der Waals surface area (Å²) in [7, 11) is 2.15. The van der Waals surface area contributed by atoms with Crippen LogP contribution in [0, 0.1) is 11.8 Å². The van der Waals surface area contributed by atoms with Crippen LogP contribution in [0.15, 0.2) is 35.2 Å². The van der Waals surface area contributed by atoms with E-state index in [0.29, 0.717) is 35.9 Å². The molecule has 0 spiro atoms. The lowest BCUT2D eigenvalue weighted by Gasteiger charge is -2.24. The van der Waals surface area contributed by atoms with Gasteiger partial charge in [0.1, 0.15) is 0 Å². The van der Waals surface area contributed by atoms with E-state index in [1.807, 2.05) is 24.5 Å². The number of piperidine rings is 1. The Hall–Kier alpha value is -2.21. The molecule has 24 heavy (non-hydrogen) atoms. The summed E-state index contributed by atoms with van der Waals surface area (Å²) in [6.07, 6.45) is 8.32. The molecule has 1 saturated heterocycles. The quantitative estimate of drug-likeness (QED) is 0.931. The molecular weight excluding hydrogens is 304 g/mol. The number of fused-ring (bicyclic) bond motifs is 1. The van der Waals surface area contributed by atoms with Gasteiger partial charge in [0, 0.05) is 43.5 Å². The maximum absolute atomic E-state index is 11.6. The summed E-state index contributed by atoms with van der Waals surface area (Å²) in [5.74, 6) is 2.69. The number of amides is 1.